The summed E-state index contributed by atoms with van der Waals surface area (Å²) in [4.78, 5) is 4.97. The third-order valence-electron chi connectivity index (χ3n) is 5.51. The van der Waals surface area contributed by atoms with E-state index in [0.717, 1.165) is 78.0 Å². The molecule has 0 aromatic heterocycles. The van der Waals surface area contributed by atoms with Gasteiger partial charge in [0.15, 0.2) is 0 Å². The third kappa shape index (κ3) is 6.67. The number of rotatable bonds is 14. The van der Waals surface area contributed by atoms with E-state index in [2.05, 4.69) is 41.9 Å². The lowest BCUT2D eigenvalue weighted by atomic mass is 9.80. The van der Waals surface area contributed by atoms with Crippen molar-refractivity contribution in [1.82, 2.24) is 9.80 Å². The van der Waals surface area contributed by atoms with Crippen LogP contribution in [0.1, 0.15) is 39.5 Å². The molecule has 2 atom stereocenters. The van der Waals surface area contributed by atoms with Gasteiger partial charge in [-0.3, -0.25) is 4.90 Å². The molecule has 1 aliphatic carbocycles. The summed E-state index contributed by atoms with van der Waals surface area (Å²) in [7, 11) is 0. The van der Waals surface area contributed by atoms with Gasteiger partial charge in [-0.05, 0) is 70.8 Å². The molecule has 0 saturated heterocycles. The number of hydrogen-bond acceptors (Lipinski definition) is 6. The molecule has 1 aliphatic rings. The Labute approximate surface area is 160 Å². The first-order valence-electron chi connectivity index (χ1n) is 10.2. The molecule has 6 heteroatoms. The zero-order valence-corrected chi connectivity index (χ0v) is 17.0. The largest absolute Gasteiger partial charge is 0.372 e. The topological polar surface area (TPSA) is 111 Å². The van der Waals surface area contributed by atoms with Crippen LogP contribution in [-0.2, 0) is 0 Å². The standard InChI is InChI=1S/C20H42N6/c1-18-17-19(25(13-3-9-21)14-4-10-22)7-8-20(18,2)26(15-5-11-23)16-6-12-24/h7-8,17-18H,3-6,9-16,21-24H2,1-2H3. The molecule has 26 heavy (non-hydrogen) atoms. The summed E-state index contributed by atoms with van der Waals surface area (Å²) in [6.07, 6.45) is 11.1. The van der Waals surface area contributed by atoms with Crippen LogP contribution in [0, 0.1) is 5.92 Å². The van der Waals surface area contributed by atoms with Crippen molar-refractivity contribution in [3.63, 3.8) is 0 Å². The second-order valence-corrected chi connectivity index (χ2v) is 7.48. The van der Waals surface area contributed by atoms with Crippen LogP contribution in [0.4, 0.5) is 0 Å². The van der Waals surface area contributed by atoms with Crippen LogP contribution in [0.25, 0.3) is 0 Å². The summed E-state index contributed by atoms with van der Waals surface area (Å²) in [5.74, 6) is 0.413. The molecular weight excluding hydrogens is 324 g/mol. The van der Waals surface area contributed by atoms with Crippen molar-refractivity contribution < 1.29 is 0 Å². The van der Waals surface area contributed by atoms with Gasteiger partial charge in [-0.25, -0.2) is 0 Å². The molecule has 6 nitrogen and oxygen atoms in total. The summed E-state index contributed by atoms with van der Waals surface area (Å²) >= 11 is 0. The minimum absolute atomic E-state index is 0.00123. The highest BCUT2D eigenvalue weighted by Gasteiger charge is 2.35. The minimum Gasteiger partial charge on any atom is -0.372 e. The van der Waals surface area contributed by atoms with E-state index in [-0.39, 0.29) is 5.54 Å². The molecule has 0 spiro atoms. The Hall–Kier alpha value is -0.920. The maximum atomic E-state index is 5.76. The summed E-state index contributed by atoms with van der Waals surface area (Å²) in [5.41, 5.74) is 24.3. The number of nitrogens with zero attached hydrogens (tertiary/aromatic N) is 2. The Morgan fingerprint density at radius 3 is 1.73 bits per heavy atom. The van der Waals surface area contributed by atoms with E-state index in [0.29, 0.717) is 5.92 Å². The highest BCUT2D eigenvalue weighted by molar-refractivity contribution is 5.30. The molecule has 152 valence electrons. The molecule has 2 unspecified atom stereocenters. The Morgan fingerprint density at radius 1 is 0.846 bits per heavy atom. The van der Waals surface area contributed by atoms with Crippen molar-refractivity contribution >= 4 is 0 Å². The lowest BCUT2D eigenvalue weighted by molar-refractivity contribution is 0.108. The number of nitrogens with two attached hydrogens (primary N) is 4. The van der Waals surface area contributed by atoms with Gasteiger partial charge in [-0.2, -0.15) is 0 Å². The average molecular weight is 367 g/mol. The minimum atomic E-state index is 0.00123. The molecule has 0 bridgehead atoms. The van der Waals surface area contributed by atoms with Gasteiger partial charge in [0.1, 0.15) is 0 Å². The van der Waals surface area contributed by atoms with Crippen LogP contribution in [0.2, 0.25) is 0 Å². The first kappa shape index (κ1) is 23.1. The fraction of sp³-hybridized carbons (Fsp3) is 0.800. The van der Waals surface area contributed by atoms with Crippen LogP contribution >= 0.6 is 0 Å². The van der Waals surface area contributed by atoms with Crippen molar-refractivity contribution in [2.75, 3.05) is 52.4 Å². The van der Waals surface area contributed by atoms with Gasteiger partial charge < -0.3 is 27.8 Å². The van der Waals surface area contributed by atoms with E-state index >= 15 is 0 Å². The van der Waals surface area contributed by atoms with Crippen LogP contribution in [0.15, 0.2) is 23.9 Å². The van der Waals surface area contributed by atoms with Crippen LogP contribution in [0.5, 0.6) is 0 Å². The van der Waals surface area contributed by atoms with E-state index in [1.165, 1.54) is 5.70 Å². The quantitative estimate of drug-likeness (QED) is 0.362. The molecule has 0 fully saturated rings. The van der Waals surface area contributed by atoms with Crippen LogP contribution < -0.4 is 22.9 Å². The van der Waals surface area contributed by atoms with Crippen LogP contribution in [-0.4, -0.2) is 67.7 Å². The normalized spacial score (nSPS) is 22.7. The SMILES string of the molecule is CC1C=C(N(CCCN)CCCN)C=CC1(C)N(CCCN)CCCN. The van der Waals surface area contributed by atoms with E-state index in [9.17, 15) is 0 Å². The molecule has 0 aromatic rings. The smallest absolute Gasteiger partial charge is 0.0427 e. The van der Waals surface area contributed by atoms with Crippen molar-refractivity contribution in [3.05, 3.63) is 23.9 Å². The number of hydrogen-bond donors (Lipinski definition) is 4. The van der Waals surface area contributed by atoms with E-state index < -0.39 is 0 Å². The van der Waals surface area contributed by atoms with Gasteiger partial charge in [0.25, 0.3) is 0 Å². The lowest BCUT2D eigenvalue weighted by Crippen LogP contribution is -2.51. The lowest BCUT2D eigenvalue weighted by Gasteiger charge is -2.45. The van der Waals surface area contributed by atoms with Crippen molar-refractivity contribution in [1.29, 1.82) is 0 Å². The van der Waals surface area contributed by atoms with Crippen LogP contribution in [0.3, 0.4) is 0 Å². The number of allylic oxidation sites excluding steroid dienone is 1. The third-order valence-corrected chi connectivity index (χ3v) is 5.51. The Morgan fingerprint density at radius 2 is 1.31 bits per heavy atom. The highest BCUT2D eigenvalue weighted by Crippen LogP contribution is 2.33. The summed E-state index contributed by atoms with van der Waals surface area (Å²) in [5, 5.41) is 0. The molecule has 1 rings (SSSR count). The summed E-state index contributed by atoms with van der Waals surface area (Å²) in [6.45, 7) is 11.5. The zero-order chi connectivity index (χ0) is 19.4. The summed E-state index contributed by atoms with van der Waals surface area (Å²) in [6, 6.07) is 0. The fourth-order valence-electron chi connectivity index (χ4n) is 3.58. The average Bonchev–Trinajstić information content (AvgIpc) is 2.64. The van der Waals surface area contributed by atoms with E-state index in [1.54, 1.807) is 0 Å². The predicted octanol–water partition coefficient (Wildman–Crippen LogP) is 0.834. The first-order valence-corrected chi connectivity index (χ1v) is 10.2. The first-order chi connectivity index (χ1) is 12.5. The Kier molecular flexibility index (Phi) is 11.1. The van der Waals surface area contributed by atoms with Gasteiger partial charge in [0.05, 0.1) is 0 Å². The molecule has 0 amide bonds. The van der Waals surface area contributed by atoms with Gasteiger partial charge >= 0.3 is 0 Å². The van der Waals surface area contributed by atoms with E-state index in [1.807, 2.05) is 0 Å². The monoisotopic (exact) mass is 366 g/mol. The zero-order valence-electron chi connectivity index (χ0n) is 17.0. The predicted molar refractivity (Wildman–Crippen MR) is 113 cm³/mol. The highest BCUT2D eigenvalue weighted by atomic mass is 15.2. The van der Waals surface area contributed by atoms with Crippen molar-refractivity contribution in [2.24, 2.45) is 28.9 Å². The van der Waals surface area contributed by atoms with Gasteiger partial charge in [-0.15, -0.1) is 0 Å². The van der Waals surface area contributed by atoms with Crippen molar-refractivity contribution in [2.45, 2.75) is 45.1 Å². The van der Waals surface area contributed by atoms with E-state index in [4.69, 9.17) is 22.9 Å². The van der Waals surface area contributed by atoms with Gasteiger partial charge in [0, 0.05) is 37.4 Å². The Bertz CT molecular complexity index is 420. The molecule has 0 radical (unpaired) electrons. The molecule has 0 aromatic carbocycles. The maximum absolute atomic E-state index is 5.76. The molecule has 0 saturated carbocycles. The Balaban J connectivity index is 2.90. The maximum Gasteiger partial charge on any atom is 0.0427 e. The molecule has 0 heterocycles. The fourth-order valence-corrected chi connectivity index (χ4v) is 3.58. The van der Waals surface area contributed by atoms with Crippen molar-refractivity contribution in [3.8, 4) is 0 Å². The molecular formula is C20H42N6. The second-order valence-electron chi connectivity index (χ2n) is 7.48. The molecule has 0 aliphatic heterocycles. The second kappa shape index (κ2) is 12.5. The summed E-state index contributed by atoms with van der Waals surface area (Å²) < 4.78 is 0. The van der Waals surface area contributed by atoms with Gasteiger partial charge in [0.2, 0.25) is 0 Å². The molecule has 8 N–H and O–H groups in total. The van der Waals surface area contributed by atoms with Gasteiger partial charge in [-0.1, -0.05) is 19.1 Å².